The SMILES string of the molecule is CC1=NC(C(C)C)=CC1C. The zero-order valence-corrected chi connectivity index (χ0v) is 7.18. The molecule has 1 aliphatic rings. The number of aliphatic imine (C=N–C) groups is 1. The van der Waals surface area contributed by atoms with Crippen molar-refractivity contribution in [3.05, 3.63) is 11.8 Å². The lowest BCUT2D eigenvalue weighted by Gasteiger charge is -1.99. The van der Waals surface area contributed by atoms with Crippen LogP contribution < -0.4 is 0 Å². The molecule has 0 N–H and O–H groups in total. The van der Waals surface area contributed by atoms with Crippen LogP contribution in [0.3, 0.4) is 0 Å². The Balaban J connectivity index is 2.75. The summed E-state index contributed by atoms with van der Waals surface area (Å²) in [5.74, 6) is 1.15. The monoisotopic (exact) mass is 137 g/mol. The van der Waals surface area contributed by atoms with E-state index in [2.05, 4.69) is 38.8 Å². The van der Waals surface area contributed by atoms with Gasteiger partial charge in [0.25, 0.3) is 0 Å². The molecule has 0 saturated heterocycles. The van der Waals surface area contributed by atoms with E-state index in [0.717, 1.165) is 0 Å². The van der Waals surface area contributed by atoms with Gasteiger partial charge in [-0.1, -0.05) is 26.8 Å². The second kappa shape index (κ2) is 2.57. The van der Waals surface area contributed by atoms with Gasteiger partial charge in [-0.3, -0.25) is 4.99 Å². The molecule has 0 fully saturated rings. The van der Waals surface area contributed by atoms with Crippen molar-refractivity contribution in [1.29, 1.82) is 0 Å². The first kappa shape index (κ1) is 7.52. The molecule has 0 radical (unpaired) electrons. The van der Waals surface area contributed by atoms with Crippen LogP contribution in [0.25, 0.3) is 0 Å². The minimum absolute atomic E-state index is 0.567. The summed E-state index contributed by atoms with van der Waals surface area (Å²) in [5, 5.41) is 0. The fourth-order valence-corrected chi connectivity index (χ4v) is 1.04. The van der Waals surface area contributed by atoms with E-state index in [9.17, 15) is 0 Å². The predicted molar refractivity (Wildman–Crippen MR) is 45.2 cm³/mol. The summed E-state index contributed by atoms with van der Waals surface area (Å²) in [7, 11) is 0. The molecule has 0 aliphatic carbocycles. The van der Waals surface area contributed by atoms with Gasteiger partial charge in [0.1, 0.15) is 0 Å². The van der Waals surface area contributed by atoms with Gasteiger partial charge in [0, 0.05) is 17.3 Å². The van der Waals surface area contributed by atoms with E-state index < -0.39 is 0 Å². The van der Waals surface area contributed by atoms with E-state index in [1.54, 1.807) is 0 Å². The second-order valence-electron chi connectivity index (χ2n) is 3.29. The van der Waals surface area contributed by atoms with Gasteiger partial charge in [-0.2, -0.15) is 0 Å². The maximum Gasteiger partial charge on any atom is 0.0395 e. The van der Waals surface area contributed by atoms with Crippen LogP contribution in [-0.2, 0) is 0 Å². The van der Waals surface area contributed by atoms with E-state index >= 15 is 0 Å². The van der Waals surface area contributed by atoms with Crippen molar-refractivity contribution in [1.82, 2.24) is 0 Å². The highest BCUT2D eigenvalue weighted by atomic mass is 14.8. The summed E-state index contributed by atoms with van der Waals surface area (Å²) in [6, 6.07) is 0. The van der Waals surface area contributed by atoms with Crippen LogP contribution in [0.2, 0.25) is 0 Å². The fraction of sp³-hybridized carbons (Fsp3) is 0.667. The number of rotatable bonds is 1. The van der Waals surface area contributed by atoms with E-state index in [4.69, 9.17) is 0 Å². The normalized spacial score (nSPS) is 25.1. The summed E-state index contributed by atoms with van der Waals surface area (Å²) < 4.78 is 0. The summed E-state index contributed by atoms with van der Waals surface area (Å²) in [5.41, 5.74) is 2.51. The Morgan fingerprint density at radius 1 is 1.50 bits per heavy atom. The zero-order chi connectivity index (χ0) is 7.72. The molecule has 1 aliphatic heterocycles. The van der Waals surface area contributed by atoms with Crippen LogP contribution in [0.4, 0.5) is 0 Å². The Bertz CT molecular complexity index is 187. The average Bonchev–Trinajstić information content (AvgIpc) is 2.13. The highest BCUT2D eigenvalue weighted by Crippen LogP contribution is 2.21. The van der Waals surface area contributed by atoms with Crippen LogP contribution >= 0.6 is 0 Å². The quantitative estimate of drug-likeness (QED) is 0.527. The molecule has 0 aromatic heterocycles. The molecule has 1 unspecified atom stereocenters. The molecule has 56 valence electrons. The molecule has 0 bridgehead atoms. The molecule has 1 heterocycles. The second-order valence-corrected chi connectivity index (χ2v) is 3.29. The van der Waals surface area contributed by atoms with E-state index in [1.807, 2.05) is 0 Å². The van der Waals surface area contributed by atoms with Gasteiger partial charge < -0.3 is 0 Å². The van der Waals surface area contributed by atoms with Crippen molar-refractivity contribution in [2.75, 3.05) is 0 Å². The van der Waals surface area contributed by atoms with E-state index in [0.29, 0.717) is 11.8 Å². The topological polar surface area (TPSA) is 12.4 Å². The Labute approximate surface area is 62.9 Å². The van der Waals surface area contributed by atoms with Crippen LogP contribution in [0.5, 0.6) is 0 Å². The Kier molecular flexibility index (Phi) is 1.93. The number of hydrogen-bond acceptors (Lipinski definition) is 1. The molecule has 0 saturated carbocycles. The lowest BCUT2D eigenvalue weighted by Crippen LogP contribution is -1.96. The van der Waals surface area contributed by atoms with Crippen LogP contribution in [0.15, 0.2) is 16.8 Å². The molecule has 0 aromatic rings. The first-order valence-corrected chi connectivity index (χ1v) is 3.88. The van der Waals surface area contributed by atoms with Crippen molar-refractivity contribution in [3.63, 3.8) is 0 Å². The third-order valence-electron chi connectivity index (χ3n) is 1.98. The standard InChI is InChI=1S/C9H15N/c1-6(2)9-5-7(3)8(4)10-9/h5-7H,1-4H3. The Hall–Kier alpha value is -0.590. The van der Waals surface area contributed by atoms with Crippen molar-refractivity contribution < 1.29 is 0 Å². The highest BCUT2D eigenvalue weighted by Gasteiger charge is 2.13. The largest absolute Gasteiger partial charge is 0.262 e. The zero-order valence-electron chi connectivity index (χ0n) is 7.18. The predicted octanol–water partition coefficient (Wildman–Crippen LogP) is 2.64. The minimum Gasteiger partial charge on any atom is -0.262 e. The molecule has 0 spiro atoms. The van der Waals surface area contributed by atoms with Crippen LogP contribution in [0.1, 0.15) is 27.7 Å². The fourth-order valence-electron chi connectivity index (χ4n) is 1.04. The van der Waals surface area contributed by atoms with E-state index in [-0.39, 0.29) is 0 Å². The number of allylic oxidation sites excluding steroid dienone is 2. The number of nitrogens with zero attached hydrogens (tertiary/aromatic N) is 1. The molecule has 1 nitrogen and oxygen atoms in total. The summed E-state index contributed by atoms with van der Waals surface area (Å²) in [6.07, 6.45) is 2.25. The molecular formula is C9H15N. The van der Waals surface area contributed by atoms with Crippen molar-refractivity contribution >= 4 is 5.71 Å². The molecule has 1 atom stereocenters. The third kappa shape index (κ3) is 1.28. The maximum absolute atomic E-state index is 4.45. The van der Waals surface area contributed by atoms with Gasteiger partial charge in [0.05, 0.1) is 0 Å². The summed E-state index contributed by atoms with van der Waals surface area (Å²) in [6.45, 7) is 8.64. The van der Waals surface area contributed by atoms with Gasteiger partial charge in [0.15, 0.2) is 0 Å². The number of hydrogen-bond donors (Lipinski definition) is 0. The van der Waals surface area contributed by atoms with Gasteiger partial charge in [-0.05, 0) is 12.8 Å². The molecule has 1 rings (SSSR count). The summed E-state index contributed by atoms with van der Waals surface area (Å²) >= 11 is 0. The van der Waals surface area contributed by atoms with Crippen molar-refractivity contribution in [3.8, 4) is 0 Å². The van der Waals surface area contributed by atoms with E-state index in [1.165, 1.54) is 11.4 Å². The first-order valence-electron chi connectivity index (χ1n) is 3.88. The maximum atomic E-state index is 4.45. The molecule has 0 aromatic carbocycles. The van der Waals surface area contributed by atoms with Crippen molar-refractivity contribution in [2.24, 2.45) is 16.8 Å². The average molecular weight is 137 g/mol. The van der Waals surface area contributed by atoms with Crippen LogP contribution in [0, 0.1) is 11.8 Å². The van der Waals surface area contributed by atoms with Crippen LogP contribution in [-0.4, -0.2) is 5.71 Å². The third-order valence-corrected chi connectivity index (χ3v) is 1.98. The molecule has 10 heavy (non-hydrogen) atoms. The smallest absolute Gasteiger partial charge is 0.0395 e. The summed E-state index contributed by atoms with van der Waals surface area (Å²) in [4.78, 5) is 4.45. The van der Waals surface area contributed by atoms with Gasteiger partial charge in [0.2, 0.25) is 0 Å². The molecular weight excluding hydrogens is 122 g/mol. The van der Waals surface area contributed by atoms with Gasteiger partial charge in [-0.25, -0.2) is 0 Å². The van der Waals surface area contributed by atoms with Crippen molar-refractivity contribution in [2.45, 2.75) is 27.7 Å². The molecule has 1 heteroatoms. The lowest BCUT2D eigenvalue weighted by atomic mass is 10.1. The Morgan fingerprint density at radius 2 is 2.10 bits per heavy atom. The lowest BCUT2D eigenvalue weighted by molar-refractivity contribution is 0.758. The molecule has 0 amide bonds. The Morgan fingerprint density at radius 3 is 2.30 bits per heavy atom. The highest BCUT2D eigenvalue weighted by molar-refractivity contribution is 5.88. The first-order chi connectivity index (χ1) is 4.61. The van der Waals surface area contributed by atoms with Gasteiger partial charge >= 0.3 is 0 Å². The van der Waals surface area contributed by atoms with Gasteiger partial charge in [-0.15, -0.1) is 0 Å². The minimum atomic E-state index is 0.567.